The first kappa shape index (κ1) is 15.9. The van der Waals surface area contributed by atoms with Crippen molar-refractivity contribution < 1.29 is 4.79 Å². The molecule has 1 aromatic carbocycles. The van der Waals surface area contributed by atoms with Crippen LogP contribution in [0.15, 0.2) is 41.8 Å². The third-order valence-electron chi connectivity index (χ3n) is 3.94. The van der Waals surface area contributed by atoms with Gasteiger partial charge in [-0.3, -0.25) is 4.79 Å². The van der Waals surface area contributed by atoms with Crippen molar-refractivity contribution in [1.82, 2.24) is 19.7 Å². The number of para-hydroxylation sites is 1. The van der Waals surface area contributed by atoms with E-state index in [9.17, 15) is 4.79 Å². The quantitative estimate of drug-likeness (QED) is 0.849. The van der Waals surface area contributed by atoms with E-state index in [1.807, 2.05) is 41.6 Å². The molecule has 1 saturated heterocycles. The Morgan fingerprint density at radius 1 is 1.39 bits per heavy atom. The van der Waals surface area contributed by atoms with E-state index in [2.05, 4.69) is 27.6 Å². The Bertz CT molecular complexity index is 660. The molecule has 0 aliphatic carbocycles. The Labute approximate surface area is 140 Å². The number of hydrogen-bond donors (Lipinski definition) is 1. The number of thioether (sulfide) groups is 1. The molecule has 122 valence electrons. The van der Waals surface area contributed by atoms with Crippen molar-refractivity contribution >= 4 is 23.4 Å². The number of anilines is 1. The molecule has 0 saturated carbocycles. The number of likely N-dealkylation sites (tertiary alicyclic amines) is 1. The number of rotatable bonds is 5. The van der Waals surface area contributed by atoms with E-state index in [-0.39, 0.29) is 11.2 Å². The molecule has 0 spiro atoms. The van der Waals surface area contributed by atoms with Crippen molar-refractivity contribution in [3.8, 4) is 0 Å². The molecule has 1 aromatic heterocycles. The Kier molecular flexibility index (Phi) is 4.85. The van der Waals surface area contributed by atoms with Crippen LogP contribution in [0, 0.1) is 0 Å². The number of amides is 1. The summed E-state index contributed by atoms with van der Waals surface area (Å²) in [6.45, 7) is 3.48. The minimum Gasteiger partial charge on any atom is -0.380 e. The largest absolute Gasteiger partial charge is 0.380 e. The van der Waals surface area contributed by atoms with Gasteiger partial charge in [0.25, 0.3) is 0 Å². The summed E-state index contributed by atoms with van der Waals surface area (Å²) in [7, 11) is 1.88. The van der Waals surface area contributed by atoms with Gasteiger partial charge in [-0.2, -0.15) is 0 Å². The fourth-order valence-electron chi connectivity index (χ4n) is 2.69. The molecular formula is C16H21N5OS. The highest BCUT2D eigenvalue weighted by molar-refractivity contribution is 8.00. The van der Waals surface area contributed by atoms with Gasteiger partial charge in [-0.05, 0) is 25.5 Å². The van der Waals surface area contributed by atoms with E-state index < -0.39 is 0 Å². The summed E-state index contributed by atoms with van der Waals surface area (Å²) in [4.78, 5) is 14.5. The summed E-state index contributed by atoms with van der Waals surface area (Å²) in [6, 6.07) is 10.4. The van der Waals surface area contributed by atoms with E-state index in [4.69, 9.17) is 0 Å². The smallest absolute Gasteiger partial charge is 0.235 e. The molecular weight excluding hydrogens is 310 g/mol. The van der Waals surface area contributed by atoms with Gasteiger partial charge in [-0.1, -0.05) is 30.0 Å². The van der Waals surface area contributed by atoms with Crippen molar-refractivity contribution in [3.63, 3.8) is 0 Å². The molecule has 0 radical (unpaired) electrons. The van der Waals surface area contributed by atoms with E-state index in [1.54, 1.807) is 6.33 Å². The number of hydrogen-bond acceptors (Lipinski definition) is 5. The number of aromatic nitrogens is 3. The molecule has 1 N–H and O–H groups in total. The topological polar surface area (TPSA) is 63.1 Å². The highest BCUT2D eigenvalue weighted by Crippen LogP contribution is 2.24. The zero-order chi connectivity index (χ0) is 16.2. The van der Waals surface area contributed by atoms with Crippen LogP contribution < -0.4 is 5.32 Å². The molecule has 1 aliphatic rings. The minimum absolute atomic E-state index is 0.159. The first-order chi connectivity index (χ1) is 11.1. The number of nitrogens with zero attached hydrogens (tertiary/aromatic N) is 4. The van der Waals surface area contributed by atoms with Crippen LogP contribution >= 0.6 is 11.8 Å². The lowest BCUT2D eigenvalue weighted by Gasteiger charge is -2.21. The predicted molar refractivity (Wildman–Crippen MR) is 91.4 cm³/mol. The lowest BCUT2D eigenvalue weighted by molar-refractivity contribution is -0.129. The van der Waals surface area contributed by atoms with Crippen LogP contribution in [0.3, 0.4) is 0 Å². The molecule has 1 amide bonds. The average molecular weight is 331 g/mol. The maximum atomic E-state index is 12.6. The third kappa shape index (κ3) is 3.85. The molecule has 3 rings (SSSR count). The summed E-state index contributed by atoms with van der Waals surface area (Å²) in [6.07, 6.45) is 2.62. The Balaban J connectivity index is 1.53. The molecule has 2 heterocycles. The fourth-order valence-corrected chi connectivity index (χ4v) is 3.57. The summed E-state index contributed by atoms with van der Waals surface area (Å²) in [5.74, 6) is 0.162. The predicted octanol–water partition coefficient (Wildman–Crippen LogP) is 2.01. The maximum Gasteiger partial charge on any atom is 0.235 e. The van der Waals surface area contributed by atoms with E-state index in [0.29, 0.717) is 6.04 Å². The second kappa shape index (κ2) is 7.04. The van der Waals surface area contributed by atoms with E-state index in [0.717, 1.165) is 30.4 Å². The highest BCUT2D eigenvalue weighted by atomic mass is 32.2. The third-order valence-corrected chi connectivity index (χ3v) is 5.08. The van der Waals surface area contributed by atoms with Crippen molar-refractivity contribution in [1.29, 1.82) is 0 Å². The standard InChI is InChI=1S/C16H21N5OS/c1-12(23-16-19-17-11-20(16)2)15(22)21-9-8-14(10-21)18-13-6-4-3-5-7-13/h3-7,11-12,14,18H,8-10H2,1-2H3. The molecule has 6 nitrogen and oxygen atoms in total. The summed E-state index contributed by atoms with van der Waals surface area (Å²) >= 11 is 1.45. The first-order valence-electron chi connectivity index (χ1n) is 7.74. The van der Waals surface area contributed by atoms with Gasteiger partial charge in [0.1, 0.15) is 6.33 Å². The van der Waals surface area contributed by atoms with Gasteiger partial charge in [0, 0.05) is 31.9 Å². The van der Waals surface area contributed by atoms with Gasteiger partial charge < -0.3 is 14.8 Å². The zero-order valence-corrected chi connectivity index (χ0v) is 14.2. The summed E-state index contributed by atoms with van der Waals surface area (Å²) < 4.78 is 1.83. The molecule has 2 atom stereocenters. The number of aryl methyl sites for hydroxylation is 1. The van der Waals surface area contributed by atoms with Gasteiger partial charge in [-0.25, -0.2) is 0 Å². The van der Waals surface area contributed by atoms with Crippen molar-refractivity contribution in [3.05, 3.63) is 36.7 Å². The molecule has 2 unspecified atom stereocenters. The maximum absolute atomic E-state index is 12.6. The monoisotopic (exact) mass is 331 g/mol. The fraction of sp³-hybridized carbons (Fsp3) is 0.438. The average Bonchev–Trinajstić information content (AvgIpc) is 3.17. The van der Waals surface area contributed by atoms with Gasteiger partial charge in [0.2, 0.25) is 5.91 Å². The number of carbonyl (C=O) groups excluding carboxylic acids is 1. The number of nitrogens with one attached hydrogen (secondary N) is 1. The van der Waals surface area contributed by atoms with Gasteiger partial charge in [0.05, 0.1) is 5.25 Å². The number of carbonyl (C=O) groups is 1. The van der Waals surface area contributed by atoms with Gasteiger partial charge in [0.15, 0.2) is 5.16 Å². The van der Waals surface area contributed by atoms with E-state index >= 15 is 0 Å². The summed E-state index contributed by atoms with van der Waals surface area (Å²) in [5, 5.41) is 12.0. The van der Waals surface area contributed by atoms with E-state index in [1.165, 1.54) is 11.8 Å². The second-order valence-electron chi connectivity index (χ2n) is 5.76. The zero-order valence-electron chi connectivity index (χ0n) is 13.3. The molecule has 2 aromatic rings. The molecule has 7 heteroatoms. The molecule has 0 bridgehead atoms. The normalized spacial score (nSPS) is 18.9. The minimum atomic E-state index is -0.159. The highest BCUT2D eigenvalue weighted by Gasteiger charge is 2.30. The van der Waals surface area contributed by atoms with Crippen molar-refractivity contribution in [2.24, 2.45) is 7.05 Å². The Morgan fingerprint density at radius 3 is 2.87 bits per heavy atom. The molecule has 1 aliphatic heterocycles. The van der Waals surface area contributed by atoms with Crippen LogP contribution in [0.25, 0.3) is 0 Å². The Morgan fingerprint density at radius 2 is 2.17 bits per heavy atom. The van der Waals surface area contributed by atoms with Gasteiger partial charge >= 0.3 is 0 Å². The molecule has 23 heavy (non-hydrogen) atoms. The van der Waals surface area contributed by atoms with Crippen molar-refractivity contribution in [2.45, 2.75) is 29.8 Å². The Hall–Kier alpha value is -2.02. The molecule has 1 fully saturated rings. The van der Waals surface area contributed by atoms with Crippen LogP contribution in [0.4, 0.5) is 5.69 Å². The van der Waals surface area contributed by atoms with Crippen LogP contribution in [-0.4, -0.2) is 50.0 Å². The summed E-state index contributed by atoms with van der Waals surface area (Å²) in [5.41, 5.74) is 1.10. The lowest BCUT2D eigenvalue weighted by atomic mass is 10.2. The van der Waals surface area contributed by atoms with Gasteiger partial charge in [-0.15, -0.1) is 10.2 Å². The lowest BCUT2D eigenvalue weighted by Crippen LogP contribution is -2.36. The SMILES string of the molecule is CC(Sc1nncn1C)C(=O)N1CCC(Nc2ccccc2)C1. The first-order valence-corrected chi connectivity index (χ1v) is 8.62. The number of benzene rings is 1. The van der Waals surface area contributed by atoms with Crippen molar-refractivity contribution in [2.75, 3.05) is 18.4 Å². The van der Waals surface area contributed by atoms with Crippen LogP contribution in [0.2, 0.25) is 0 Å². The van der Waals surface area contributed by atoms with Crippen LogP contribution in [-0.2, 0) is 11.8 Å². The van der Waals surface area contributed by atoms with Crippen LogP contribution in [0.1, 0.15) is 13.3 Å². The van der Waals surface area contributed by atoms with Crippen LogP contribution in [0.5, 0.6) is 0 Å². The second-order valence-corrected chi connectivity index (χ2v) is 7.07.